The number of rotatable bonds is 9. The maximum Gasteiger partial charge on any atom is 0.244 e. The Hall–Kier alpha value is -3.01. The number of carbonyl (C=O) groups excluding carboxylic acids is 2. The number of amides is 2. The van der Waals surface area contributed by atoms with Gasteiger partial charge in [-0.1, -0.05) is 31.4 Å². The molecule has 0 saturated heterocycles. The first-order valence-corrected chi connectivity index (χ1v) is 13.5. The highest BCUT2D eigenvalue weighted by Crippen LogP contribution is 2.21. The van der Waals surface area contributed by atoms with Crippen molar-refractivity contribution in [2.45, 2.75) is 57.7 Å². The van der Waals surface area contributed by atoms with Gasteiger partial charge in [0.25, 0.3) is 0 Å². The van der Waals surface area contributed by atoms with E-state index in [4.69, 9.17) is 0 Å². The van der Waals surface area contributed by atoms with Gasteiger partial charge in [-0.15, -0.1) is 0 Å². The Morgan fingerprint density at radius 3 is 2.06 bits per heavy atom. The van der Waals surface area contributed by atoms with Crippen LogP contribution in [0.1, 0.15) is 44.6 Å². The van der Waals surface area contributed by atoms with Gasteiger partial charge in [0.1, 0.15) is 24.2 Å². The molecule has 7 nitrogen and oxygen atoms in total. The average Bonchev–Trinajstić information content (AvgIpc) is 2.82. The van der Waals surface area contributed by atoms with Gasteiger partial charge in [0.2, 0.25) is 21.8 Å². The molecule has 35 heavy (non-hydrogen) atoms. The number of hydrogen-bond donors (Lipinski definition) is 1. The molecule has 1 aliphatic carbocycles. The Bertz CT molecular complexity index is 1120. The van der Waals surface area contributed by atoms with Crippen LogP contribution >= 0.6 is 0 Å². The van der Waals surface area contributed by atoms with Gasteiger partial charge in [-0.2, -0.15) is 0 Å². The van der Waals surface area contributed by atoms with Crippen molar-refractivity contribution in [1.82, 2.24) is 10.2 Å². The van der Waals surface area contributed by atoms with E-state index in [0.29, 0.717) is 5.56 Å². The van der Waals surface area contributed by atoms with Crippen LogP contribution in [-0.2, 0) is 26.2 Å². The molecule has 0 radical (unpaired) electrons. The van der Waals surface area contributed by atoms with Crippen molar-refractivity contribution in [2.24, 2.45) is 0 Å². The van der Waals surface area contributed by atoms with E-state index < -0.39 is 40.2 Å². The molecule has 2 aromatic rings. The van der Waals surface area contributed by atoms with Gasteiger partial charge in [-0.05, 0) is 61.7 Å². The fourth-order valence-corrected chi connectivity index (χ4v) is 5.01. The van der Waals surface area contributed by atoms with Gasteiger partial charge >= 0.3 is 0 Å². The lowest BCUT2D eigenvalue weighted by Crippen LogP contribution is -2.52. The number of sulfonamides is 1. The molecule has 10 heteroatoms. The van der Waals surface area contributed by atoms with E-state index in [0.717, 1.165) is 54.8 Å². The number of nitrogens with one attached hydrogen (secondary N) is 1. The summed E-state index contributed by atoms with van der Waals surface area (Å²) in [5.74, 6) is -1.93. The first-order chi connectivity index (χ1) is 16.5. The molecule has 1 N–H and O–H groups in total. The first kappa shape index (κ1) is 26.6. The molecule has 2 aromatic carbocycles. The van der Waals surface area contributed by atoms with E-state index in [1.165, 1.54) is 41.3 Å². The molecular formula is C25H31F2N3O4S. The van der Waals surface area contributed by atoms with Gasteiger partial charge in [0.05, 0.1) is 11.9 Å². The van der Waals surface area contributed by atoms with E-state index >= 15 is 0 Å². The van der Waals surface area contributed by atoms with Crippen molar-refractivity contribution >= 4 is 27.5 Å². The summed E-state index contributed by atoms with van der Waals surface area (Å²) < 4.78 is 52.6. The van der Waals surface area contributed by atoms with Crippen molar-refractivity contribution in [1.29, 1.82) is 0 Å². The predicted octanol–water partition coefficient (Wildman–Crippen LogP) is 3.60. The quantitative estimate of drug-likeness (QED) is 0.562. The molecule has 0 heterocycles. The van der Waals surface area contributed by atoms with Crippen LogP contribution in [0.3, 0.4) is 0 Å². The smallest absolute Gasteiger partial charge is 0.244 e. The molecule has 1 saturated carbocycles. The summed E-state index contributed by atoms with van der Waals surface area (Å²) in [7, 11) is -3.89. The van der Waals surface area contributed by atoms with Crippen LogP contribution in [0.2, 0.25) is 0 Å². The van der Waals surface area contributed by atoms with Crippen molar-refractivity contribution in [3.63, 3.8) is 0 Å². The minimum atomic E-state index is -3.89. The van der Waals surface area contributed by atoms with Crippen LogP contribution in [0.15, 0.2) is 48.5 Å². The van der Waals surface area contributed by atoms with E-state index in [9.17, 15) is 26.8 Å². The van der Waals surface area contributed by atoms with Crippen LogP contribution < -0.4 is 9.62 Å². The third-order valence-electron chi connectivity index (χ3n) is 6.18. The third kappa shape index (κ3) is 7.48. The zero-order valence-electron chi connectivity index (χ0n) is 19.9. The Balaban J connectivity index is 1.85. The van der Waals surface area contributed by atoms with Gasteiger partial charge < -0.3 is 10.2 Å². The summed E-state index contributed by atoms with van der Waals surface area (Å²) in [6.07, 6.45) is 5.87. The molecular weight excluding hydrogens is 476 g/mol. The Kier molecular flexibility index (Phi) is 8.82. The van der Waals surface area contributed by atoms with Gasteiger partial charge in [0.15, 0.2) is 0 Å². The molecule has 3 rings (SSSR count). The van der Waals surface area contributed by atoms with E-state index in [-0.39, 0.29) is 24.2 Å². The third-order valence-corrected chi connectivity index (χ3v) is 7.32. The van der Waals surface area contributed by atoms with Crippen molar-refractivity contribution in [3.05, 3.63) is 65.7 Å². The topological polar surface area (TPSA) is 86.8 Å². The molecule has 1 aliphatic rings. The normalized spacial score (nSPS) is 15.3. The fourth-order valence-electron chi connectivity index (χ4n) is 4.16. The molecule has 0 unspecified atom stereocenters. The number of halogens is 2. The predicted molar refractivity (Wildman–Crippen MR) is 130 cm³/mol. The largest absolute Gasteiger partial charge is 0.352 e. The summed E-state index contributed by atoms with van der Waals surface area (Å²) >= 11 is 0. The summed E-state index contributed by atoms with van der Waals surface area (Å²) in [5.41, 5.74) is 0.716. The molecule has 0 bridgehead atoms. The van der Waals surface area contributed by atoms with Crippen LogP contribution in [-0.4, -0.2) is 50.0 Å². The molecule has 1 fully saturated rings. The molecule has 2 amide bonds. The highest BCUT2D eigenvalue weighted by atomic mass is 32.2. The summed E-state index contributed by atoms with van der Waals surface area (Å²) in [6, 6.07) is 9.42. The highest BCUT2D eigenvalue weighted by Gasteiger charge is 2.31. The lowest BCUT2D eigenvalue weighted by atomic mass is 9.95. The van der Waals surface area contributed by atoms with Crippen LogP contribution in [0, 0.1) is 11.6 Å². The zero-order valence-corrected chi connectivity index (χ0v) is 20.7. The lowest BCUT2D eigenvalue weighted by Gasteiger charge is -2.33. The maximum absolute atomic E-state index is 13.4. The van der Waals surface area contributed by atoms with Crippen LogP contribution in [0.25, 0.3) is 0 Å². The number of anilines is 1. The number of carbonyl (C=O) groups is 2. The SMILES string of the molecule is C[C@@H](C(=O)NC1CCCCC1)N(Cc1ccc(F)cc1)C(=O)CN(c1ccc(F)cc1)S(C)(=O)=O. The Labute approximate surface area is 205 Å². The van der Waals surface area contributed by atoms with Gasteiger partial charge in [0, 0.05) is 12.6 Å². The fraction of sp³-hybridized carbons (Fsp3) is 0.440. The Morgan fingerprint density at radius 1 is 0.971 bits per heavy atom. The van der Waals surface area contributed by atoms with Crippen molar-refractivity contribution in [3.8, 4) is 0 Å². The van der Waals surface area contributed by atoms with Crippen molar-refractivity contribution in [2.75, 3.05) is 17.1 Å². The first-order valence-electron chi connectivity index (χ1n) is 11.6. The molecule has 0 spiro atoms. The van der Waals surface area contributed by atoms with Crippen molar-refractivity contribution < 1.29 is 26.8 Å². The minimum absolute atomic E-state index is 0.0145. The summed E-state index contributed by atoms with van der Waals surface area (Å²) in [5, 5.41) is 3.00. The Morgan fingerprint density at radius 2 is 1.51 bits per heavy atom. The minimum Gasteiger partial charge on any atom is -0.352 e. The summed E-state index contributed by atoms with van der Waals surface area (Å²) in [4.78, 5) is 27.8. The molecule has 0 aliphatic heterocycles. The molecule has 0 aromatic heterocycles. The van der Waals surface area contributed by atoms with E-state index in [1.807, 2.05) is 0 Å². The lowest BCUT2D eigenvalue weighted by molar-refractivity contribution is -0.139. The monoisotopic (exact) mass is 507 g/mol. The molecule has 1 atom stereocenters. The highest BCUT2D eigenvalue weighted by molar-refractivity contribution is 7.92. The second kappa shape index (κ2) is 11.6. The van der Waals surface area contributed by atoms with Gasteiger partial charge in [-0.25, -0.2) is 17.2 Å². The second-order valence-electron chi connectivity index (χ2n) is 8.91. The van der Waals surface area contributed by atoms with Crippen LogP contribution in [0.5, 0.6) is 0 Å². The van der Waals surface area contributed by atoms with Crippen LogP contribution in [0.4, 0.5) is 14.5 Å². The average molecular weight is 508 g/mol. The van der Waals surface area contributed by atoms with E-state index in [1.54, 1.807) is 6.92 Å². The summed E-state index contributed by atoms with van der Waals surface area (Å²) in [6.45, 7) is 0.994. The number of nitrogens with zero attached hydrogens (tertiary/aromatic N) is 2. The number of benzene rings is 2. The molecule has 190 valence electrons. The second-order valence-corrected chi connectivity index (χ2v) is 10.8. The maximum atomic E-state index is 13.4. The zero-order chi connectivity index (χ0) is 25.6. The van der Waals surface area contributed by atoms with E-state index in [2.05, 4.69) is 5.32 Å². The number of hydrogen-bond acceptors (Lipinski definition) is 4. The standard InChI is InChI=1S/C25H31F2N3O4S/c1-18(25(32)28-22-6-4-3-5-7-22)29(16-19-8-10-20(26)11-9-19)24(31)17-30(35(2,33)34)23-14-12-21(27)13-15-23/h8-15,18,22H,3-7,16-17H2,1-2H3,(H,28,32)/t18-/m0/s1. The van der Waals surface area contributed by atoms with Gasteiger partial charge in [-0.3, -0.25) is 13.9 Å².